The fraction of sp³-hybridized carbons (Fsp3) is 0.500. The second-order valence-electron chi connectivity index (χ2n) is 8.75. The number of benzene rings is 1. The molecule has 0 spiro atoms. The van der Waals surface area contributed by atoms with E-state index in [4.69, 9.17) is 15.6 Å². The number of carbonyl (C=O) groups is 3. The molecule has 8 heteroatoms. The normalized spacial score (nSPS) is 17.4. The van der Waals surface area contributed by atoms with Crippen LogP contribution in [0.1, 0.15) is 59.3 Å². The van der Waals surface area contributed by atoms with Gasteiger partial charge in [-0.05, 0) is 51.7 Å². The van der Waals surface area contributed by atoms with E-state index in [0.717, 1.165) is 6.42 Å². The standard InChI is InChI=1S/C26H34N2O6/c1-19(2)28(26(32)20-13-14-27(23(29)17-20)24-11-8-16-34-24)18-21-9-5-6-10-22(21)33-15-7-3-4-12-25(30)31/h5-6,8-11,16,19-20H,3-4,7,12-15,17-18H2,1-2H3,(H,30,31)/i18D. The Balaban J connectivity index is 1.65. The number of furan rings is 1. The van der Waals surface area contributed by atoms with Gasteiger partial charge in [0.2, 0.25) is 17.7 Å². The molecule has 1 N–H and O–H groups in total. The van der Waals surface area contributed by atoms with Crippen LogP contribution in [0.25, 0.3) is 0 Å². The van der Waals surface area contributed by atoms with Gasteiger partial charge in [0.15, 0.2) is 0 Å². The maximum absolute atomic E-state index is 13.5. The van der Waals surface area contributed by atoms with E-state index in [0.29, 0.717) is 49.6 Å². The molecule has 1 fully saturated rings. The summed E-state index contributed by atoms with van der Waals surface area (Å²) in [6.45, 7) is 3.54. The highest BCUT2D eigenvalue weighted by Crippen LogP contribution is 2.28. The van der Waals surface area contributed by atoms with E-state index >= 15 is 0 Å². The summed E-state index contributed by atoms with van der Waals surface area (Å²) in [5.41, 5.74) is 0.583. The average Bonchev–Trinajstić information content (AvgIpc) is 3.35. The SMILES string of the molecule is [2H]C(c1ccccc1OCCCCCC(=O)O)N(C(=O)C1CCN(c2ccco2)C(=O)C1)C(C)C. The molecule has 3 rings (SSSR count). The van der Waals surface area contributed by atoms with Crippen LogP contribution in [-0.2, 0) is 20.9 Å². The number of aliphatic carboxylic acids is 1. The highest BCUT2D eigenvalue weighted by atomic mass is 16.5. The quantitative estimate of drug-likeness (QED) is 0.458. The molecular weight excluding hydrogens is 436 g/mol. The van der Waals surface area contributed by atoms with E-state index in [1.807, 2.05) is 26.0 Å². The second-order valence-corrected chi connectivity index (χ2v) is 8.75. The minimum absolute atomic E-state index is 0.0734. The van der Waals surface area contributed by atoms with Crippen LogP contribution in [0.3, 0.4) is 0 Å². The molecule has 1 aliphatic heterocycles. The summed E-state index contributed by atoms with van der Waals surface area (Å²) < 4.78 is 20.2. The number of carboxylic acids is 1. The third kappa shape index (κ3) is 6.85. The molecule has 34 heavy (non-hydrogen) atoms. The van der Waals surface area contributed by atoms with E-state index in [2.05, 4.69) is 0 Å². The Morgan fingerprint density at radius 3 is 2.71 bits per heavy atom. The summed E-state index contributed by atoms with van der Waals surface area (Å²) in [5, 5.41) is 8.74. The largest absolute Gasteiger partial charge is 0.493 e. The molecule has 0 radical (unpaired) electrons. The van der Waals surface area contributed by atoms with E-state index in [1.165, 1.54) is 11.2 Å². The zero-order valence-corrected chi connectivity index (χ0v) is 19.8. The Kier molecular flexibility index (Phi) is 8.60. The van der Waals surface area contributed by atoms with Gasteiger partial charge < -0.3 is 19.2 Å². The topological polar surface area (TPSA) is 100 Å². The molecule has 2 aromatic rings. The zero-order valence-electron chi connectivity index (χ0n) is 20.8. The lowest BCUT2D eigenvalue weighted by Gasteiger charge is -2.35. The number of ether oxygens (including phenoxy) is 1. The van der Waals surface area contributed by atoms with Crippen molar-refractivity contribution in [2.24, 2.45) is 5.92 Å². The maximum atomic E-state index is 13.5. The molecule has 1 aromatic carbocycles. The molecule has 184 valence electrons. The van der Waals surface area contributed by atoms with Gasteiger partial charge in [-0.25, -0.2) is 0 Å². The number of piperidine rings is 1. The predicted octanol–water partition coefficient (Wildman–Crippen LogP) is 4.48. The monoisotopic (exact) mass is 471 g/mol. The van der Waals surface area contributed by atoms with Crippen LogP contribution in [0.15, 0.2) is 47.1 Å². The van der Waals surface area contributed by atoms with Gasteiger partial charge in [-0.15, -0.1) is 0 Å². The van der Waals surface area contributed by atoms with Gasteiger partial charge in [-0.2, -0.15) is 0 Å². The number of anilines is 1. The molecule has 1 aromatic heterocycles. The van der Waals surface area contributed by atoms with Gasteiger partial charge in [0, 0.05) is 49.5 Å². The summed E-state index contributed by atoms with van der Waals surface area (Å²) >= 11 is 0. The molecule has 0 saturated carbocycles. The van der Waals surface area contributed by atoms with Crippen LogP contribution in [0.2, 0.25) is 0 Å². The van der Waals surface area contributed by atoms with Crippen LogP contribution >= 0.6 is 0 Å². The Morgan fingerprint density at radius 1 is 1.24 bits per heavy atom. The highest BCUT2D eigenvalue weighted by molar-refractivity contribution is 5.96. The fourth-order valence-corrected chi connectivity index (χ4v) is 3.98. The number of rotatable bonds is 12. The molecule has 0 aliphatic carbocycles. The third-order valence-corrected chi connectivity index (χ3v) is 5.85. The van der Waals surface area contributed by atoms with E-state index in [-0.39, 0.29) is 30.7 Å². The molecule has 1 saturated heterocycles. The van der Waals surface area contributed by atoms with Crippen molar-refractivity contribution in [1.29, 1.82) is 0 Å². The first kappa shape index (κ1) is 23.9. The third-order valence-electron chi connectivity index (χ3n) is 5.85. The Hall–Kier alpha value is -3.29. The summed E-state index contributed by atoms with van der Waals surface area (Å²) in [4.78, 5) is 40.0. The first-order chi connectivity index (χ1) is 16.8. The number of amides is 2. The van der Waals surface area contributed by atoms with Crippen molar-refractivity contribution < 1.29 is 30.0 Å². The van der Waals surface area contributed by atoms with Gasteiger partial charge in [-0.3, -0.25) is 19.3 Å². The van der Waals surface area contributed by atoms with Crippen molar-refractivity contribution in [3.05, 3.63) is 48.2 Å². The molecule has 2 atom stereocenters. The molecule has 1 aliphatic rings. The lowest BCUT2D eigenvalue weighted by molar-refractivity contribution is -0.141. The predicted molar refractivity (Wildman–Crippen MR) is 128 cm³/mol. The fourth-order valence-electron chi connectivity index (χ4n) is 3.98. The maximum Gasteiger partial charge on any atom is 0.303 e. The Bertz CT molecular complexity index is 993. The summed E-state index contributed by atoms with van der Waals surface area (Å²) in [6, 6.07) is 10.4. The lowest BCUT2D eigenvalue weighted by atomic mass is 9.94. The van der Waals surface area contributed by atoms with Gasteiger partial charge >= 0.3 is 5.97 Å². The Labute approximate surface area is 201 Å². The van der Waals surface area contributed by atoms with Crippen molar-refractivity contribution >= 4 is 23.7 Å². The van der Waals surface area contributed by atoms with Crippen molar-refractivity contribution in [1.82, 2.24) is 4.90 Å². The molecule has 2 heterocycles. The van der Waals surface area contributed by atoms with Crippen molar-refractivity contribution in [2.45, 2.75) is 64.9 Å². The lowest BCUT2D eigenvalue weighted by Crippen LogP contribution is -2.47. The molecule has 2 amide bonds. The minimum atomic E-state index is -0.982. The number of carbonyl (C=O) groups excluding carboxylic acids is 2. The van der Waals surface area contributed by atoms with Gasteiger partial charge in [-0.1, -0.05) is 18.2 Å². The van der Waals surface area contributed by atoms with Gasteiger partial charge in [0.05, 0.1) is 14.2 Å². The highest BCUT2D eigenvalue weighted by Gasteiger charge is 2.35. The van der Waals surface area contributed by atoms with Gasteiger partial charge in [0.25, 0.3) is 0 Å². The van der Waals surface area contributed by atoms with Crippen molar-refractivity contribution in [3.8, 4) is 5.75 Å². The Morgan fingerprint density at radius 2 is 2.03 bits per heavy atom. The molecular formula is C26H34N2O6. The van der Waals surface area contributed by atoms with Crippen molar-refractivity contribution in [3.63, 3.8) is 0 Å². The zero-order chi connectivity index (χ0) is 25.4. The number of carboxylic acid groups (broad SMARTS) is 1. The number of para-hydroxylation sites is 1. The summed E-state index contributed by atoms with van der Waals surface area (Å²) in [6.07, 6.45) is 4.25. The van der Waals surface area contributed by atoms with Crippen LogP contribution in [0.5, 0.6) is 5.75 Å². The first-order valence-corrected chi connectivity index (χ1v) is 11.8. The van der Waals surface area contributed by atoms with Crippen LogP contribution in [0, 0.1) is 5.92 Å². The molecule has 0 bridgehead atoms. The minimum Gasteiger partial charge on any atom is -0.493 e. The molecule has 2 unspecified atom stereocenters. The van der Waals surface area contributed by atoms with Crippen LogP contribution < -0.4 is 9.64 Å². The second kappa shape index (κ2) is 12.3. The number of hydrogen-bond donors (Lipinski definition) is 1. The molecule has 8 nitrogen and oxygen atoms in total. The number of nitrogens with zero attached hydrogens (tertiary/aromatic N) is 2. The summed E-state index contributed by atoms with van der Waals surface area (Å²) in [7, 11) is 0. The summed E-state index contributed by atoms with van der Waals surface area (Å²) in [5.74, 6) is -0.661. The van der Waals surface area contributed by atoms with Crippen LogP contribution in [0.4, 0.5) is 5.88 Å². The van der Waals surface area contributed by atoms with E-state index in [1.54, 1.807) is 29.2 Å². The van der Waals surface area contributed by atoms with Gasteiger partial charge in [0.1, 0.15) is 5.75 Å². The van der Waals surface area contributed by atoms with E-state index in [9.17, 15) is 14.4 Å². The van der Waals surface area contributed by atoms with Crippen LogP contribution in [-0.4, -0.2) is 47.0 Å². The van der Waals surface area contributed by atoms with Crippen molar-refractivity contribution in [2.75, 3.05) is 18.1 Å². The average molecular weight is 472 g/mol. The first-order valence-electron chi connectivity index (χ1n) is 12.4. The number of hydrogen-bond acceptors (Lipinski definition) is 5. The van der Waals surface area contributed by atoms with E-state index < -0.39 is 18.4 Å². The smallest absolute Gasteiger partial charge is 0.303 e. The number of unbranched alkanes of at least 4 members (excludes halogenated alkanes) is 2.